The predicted molar refractivity (Wildman–Crippen MR) is 73.9 cm³/mol. The van der Waals surface area contributed by atoms with Crippen LogP contribution < -0.4 is 4.74 Å². The first-order chi connectivity index (χ1) is 10.0. The van der Waals surface area contributed by atoms with Gasteiger partial charge in [-0.3, -0.25) is 0 Å². The SMILES string of the molecule is N#Cc1ccc(COc2ccc(Cl)c(C(=O)O)c2)c(F)c1. The molecule has 0 bridgehead atoms. The Morgan fingerprint density at radius 1 is 1.33 bits per heavy atom. The maximum atomic E-state index is 13.7. The molecule has 0 fully saturated rings. The first kappa shape index (κ1) is 14.8. The number of carboxylic acids is 1. The van der Waals surface area contributed by atoms with Gasteiger partial charge < -0.3 is 9.84 Å². The Kier molecular flexibility index (Phi) is 4.41. The van der Waals surface area contributed by atoms with Crippen molar-refractivity contribution in [3.63, 3.8) is 0 Å². The number of carboxylic acid groups (broad SMARTS) is 1. The molecule has 0 aliphatic heterocycles. The number of nitrogens with zero attached hydrogens (tertiary/aromatic N) is 1. The fraction of sp³-hybridized carbons (Fsp3) is 0.0667. The monoisotopic (exact) mass is 305 g/mol. The largest absolute Gasteiger partial charge is 0.489 e. The second-order valence-corrected chi connectivity index (χ2v) is 4.56. The Morgan fingerprint density at radius 3 is 2.71 bits per heavy atom. The third-order valence-corrected chi connectivity index (χ3v) is 3.07. The number of benzene rings is 2. The highest BCUT2D eigenvalue weighted by Gasteiger charge is 2.11. The van der Waals surface area contributed by atoms with Crippen LogP contribution in [-0.2, 0) is 6.61 Å². The molecule has 4 nitrogen and oxygen atoms in total. The van der Waals surface area contributed by atoms with Crippen LogP contribution in [0.2, 0.25) is 5.02 Å². The first-order valence-corrected chi connectivity index (χ1v) is 6.23. The van der Waals surface area contributed by atoms with Crippen molar-refractivity contribution in [2.45, 2.75) is 6.61 Å². The summed E-state index contributed by atoms with van der Waals surface area (Å²) in [4.78, 5) is 10.9. The number of aromatic carboxylic acids is 1. The average Bonchev–Trinajstić information content (AvgIpc) is 2.47. The molecule has 0 unspecified atom stereocenters. The van der Waals surface area contributed by atoms with E-state index in [4.69, 9.17) is 26.7 Å². The van der Waals surface area contributed by atoms with Gasteiger partial charge in [0, 0.05) is 5.56 Å². The van der Waals surface area contributed by atoms with Gasteiger partial charge in [0.1, 0.15) is 18.2 Å². The van der Waals surface area contributed by atoms with Crippen LogP contribution in [0.4, 0.5) is 4.39 Å². The van der Waals surface area contributed by atoms with Crippen LogP contribution in [0, 0.1) is 17.1 Å². The molecule has 0 atom stereocenters. The van der Waals surface area contributed by atoms with E-state index < -0.39 is 11.8 Å². The van der Waals surface area contributed by atoms with Gasteiger partial charge in [0.05, 0.1) is 22.2 Å². The lowest BCUT2D eigenvalue weighted by Crippen LogP contribution is -2.01. The van der Waals surface area contributed by atoms with Gasteiger partial charge in [0.2, 0.25) is 0 Å². The number of rotatable bonds is 4. The van der Waals surface area contributed by atoms with Crippen molar-refractivity contribution in [1.29, 1.82) is 5.26 Å². The molecule has 2 aromatic carbocycles. The smallest absolute Gasteiger partial charge is 0.337 e. The maximum Gasteiger partial charge on any atom is 0.337 e. The van der Waals surface area contributed by atoms with E-state index in [0.29, 0.717) is 0 Å². The van der Waals surface area contributed by atoms with E-state index in [1.54, 1.807) is 0 Å². The molecule has 0 saturated carbocycles. The summed E-state index contributed by atoms with van der Waals surface area (Å²) in [7, 11) is 0. The summed E-state index contributed by atoms with van der Waals surface area (Å²) in [6, 6.07) is 10.0. The first-order valence-electron chi connectivity index (χ1n) is 5.85. The molecule has 0 spiro atoms. The van der Waals surface area contributed by atoms with Crippen molar-refractivity contribution in [3.05, 3.63) is 63.9 Å². The summed E-state index contributed by atoms with van der Waals surface area (Å²) in [6.45, 7) is -0.0851. The Balaban J connectivity index is 2.15. The second kappa shape index (κ2) is 6.25. The molecule has 2 aromatic rings. The van der Waals surface area contributed by atoms with E-state index in [2.05, 4.69) is 0 Å². The standard InChI is InChI=1S/C15H9ClFNO3/c16-13-4-3-11(6-12(13)15(19)20)21-8-10-2-1-9(7-18)5-14(10)17/h1-6H,8H2,(H,19,20). The van der Waals surface area contributed by atoms with Crippen LogP contribution in [0.1, 0.15) is 21.5 Å². The number of hydrogen-bond acceptors (Lipinski definition) is 3. The Hall–Kier alpha value is -2.58. The molecule has 21 heavy (non-hydrogen) atoms. The van der Waals surface area contributed by atoms with Gasteiger partial charge in [-0.15, -0.1) is 0 Å². The molecule has 0 saturated heterocycles. The number of carbonyl (C=O) groups is 1. The van der Waals surface area contributed by atoms with Crippen LogP contribution >= 0.6 is 11.6 Å². The zero-order chi connectivity index (χ0) is 15.4. The molecular weight excluding hydrogens is 297 g/mol. The Bertz CT molecular complexity index is 740. The van der Waals surface area contributed by atoms with Crippen molar-refractivity contribution >= 4 is 17.6 Å². The zero-order valence-electron chi connectivity index (χ0n) is 10.6. The molecule has 106 valence electrons. The summed E-state index contributed by atoms with van der Waals surface area (Å²) in [5.41, 5.74) is 0.395. The Labute approximate surface area is 125 Å². The van der Waals surface area contributed by atoms with E-state index in [0.717, 1.165) is 6.07 Å². The minimum Gasteiger partial charge on any atom is -0.489 e. The van der Waals surface area contributed by atoms with Crippen LogP contribution in [-0.4, -0.2) is 11.1 Å². The van der Waals surface area contributed by atoms with E-state index in [1.807, 2.05) is 6.07 Å². The van der Waals surface area contributed by atoms with E-state index in [1.165, 1.54) is 30.3 Å². The molecule has 0 amide bonds. The molecule has 0 aliphatic rings. The van der Waals surface area contributed by atoms with Crippen LogP contribution in [0.5, 0.6) is 5.75 Å². The van der Waals surface area contributed by atoms with E-state index >= 15 is 0 Å². The van der Waals surface area contributed by atoms with Gasteiger partial charge >= 0.3 is 5.97 Å². The van der Waals surface area contributed by atoms with E-state index in [-0.39, 0.29) is 34.1 Å². The Morgan fingerprint density at radius 2 is 2.10 bits per heavy atom. The molecule has 2 rings (SSSR count). The van der Waals surface area contributed by atoms with Crippen molar-refractivity contribution in [3.8, 4) is 11.8 Å². The van der Waals surface area contributed by atoms with Crippen molar-refractivity contribution < 1.29 is 19.0 Å². The highest BCUT2D eigenvalue weighted by Crippen LogP contribution is 2.23. The normalized spacial score (nSPS) is 9.95. The lowest BCUT2D eigenvalue weighted by Gasteiger charge is -2.08. The van der Waals surface area contributed by atoms with Gasteiger partial charge in [-0.1, -0.05) is 17.7 Å². The predicted octanol–water partition coefficient (Wildman–Crippen LogP) is 3.63. The van der Waals surface area contributed by atoms with Gasteiger partial charge in [0.25, 0.3) is 0 Å². The minimum absolute atomic E-state index is 0.0851. The fourth-order valence-electron chi connectivity index (χ4n) is 1.65. The lowest BCUT2D eigenvalue weighted by molar-refractivity contribution is 0.0696. The summed E-state index contributed by atoms with van der Waals surface area (Å²) < 4.78 is 19.0. The van der Waals surface area contributed by atoms with Gasteiger partial charge in [-0.25, -0.2) is 9.18 Å². The number of ether oxygens (including phenoxy) is 1. The van der Waals surface area contributed by atoms with Crippen molar-refractivity contribution in [2.24, 2.45) is 0 Å². The number of nitriles is 1. The molecule has 0 aliphatic carbocycles. The topological polar surface area (TPSA) is 70.3 Å². The second-order valence-electron chi connectivity index (χ2n) is 4.15. The van der Waals surface area contributed by atoms with Gasteiger partial charge in [-0.05, 0) is 30.3 Å². The maximum absolute atomic E-state index is 13.7. The van der Waals surface area contributed by atoms with Crippen molar-refractivity contribution in [2.75, 3.05) is 0 Å². The molecule has 1 N–H and O–H groups in total. The molecule has 6 heteroatoms. The summed E-state index contributed by atoms with van der Waals surface area (Å²) in [6.07, 6.45) is 0. The highest BCUT2D eigenvalue weighted by atomic mass is 35.5. The molecule has 0 heterocycles. The molecule has 0 aromatic heterocycles. The van der Waals surface area contributed by atoms with Gasteiger partial charge in [0.15, 0.2) is 0 Å². The summed E-state index contributed by atoms with van der Waals surface area (Å²) >= 11 is 5.74. The lowest BCUT2D eigenvalue weighted by atomic mass is 10.1. The number of hydrogen-bond donors (Lipinski definition) is 1. The third-order valence-electron chi connectivity index (χ3n) is 2.74. The highest BCUT2D eigenvalue weighted by molar-refractivity contribution is 6.33. The number of halogens is 2. The van der Waals surface area contributed by atoms with Crippen LogP contribution in [0.3, 0.4) is 0 Å². The summed E-state index contributed by atoms with van der Waals surface area (Å²) in [5, 5.41) is 17.7. The van der Waals surface area contributed by atoms with E-state index in [9.17, 15) is 9.18 Å². The average molecular weight is 306 g/mol. The third kappa shape index (κ3) is 3.50. The molecule has 0 radical (unpaired) electrons. The fourth-order valence-corrected chi connectivity index (χ4v) is 1.85. The van der Waals surface area contributed by atoms with Gasteiger partial charge in [-0.2, -0.15) is 5.26 Å². The van der Waals surface area contributed by atoms with Crippen LogP contribution in [0.25, 0.3) is 0 Å². The minimum atomic E-state index is -1.17. The molecular formula is C15H9ClFNO3. The van der Waals surface area contributed by atoms with Crippen LogP contribution in [0.15, 0.2) is 36.4 Å². The zero-order valence-corrected chi connectivity index (χ0v) is 11.4. The quantitative estimate of drug-likeness (QED) is 0.936. The summed E-state index contributed by atoms with van der Waals surface area (Å²) in [5.74, 6) is -1.46. The van der Waals surface area contributed by atoms with Crippen molar-refractivity contribution in [1.82, 2.24) is 0 Å².